The lowest BCUT2D eigenvalue weighted by Crippen LogP contribution is -2.54. The lowest BCUT2D eigenvalue weighted by molar-refractivity contribution is 0.138. The van der Waals surface area contributed by atoms with E-state index in [-0.39, 0.29) is 22.3 Å². The van der Waals surface area contributed by atoms with Crippen LogP contribution in [0.25, 0.3) is 10.8 Å². The Morgan fingerprint density at radius 1 is 0.880 bits per heavy atom. The molecule has 0 N–H and O–H groups in total. The second-order valence-electron chi connectivity index (χ2n) is 9.75. The van der Waals surface area contributed by atoms with Crippen LogP contribution in [0.5, 0.6) is 0 Å². The molecule has 2 aromatic rings. The zero-order valence-electron chi connectivity index (χ0n) is 16.3. The number of hydrogen-bond acceptors (Lipinski definition) is 2. The van der Waals surface area contributed by atoms with E-state index in [1.165, 1.54) is 21.9 Å². The minimum atomic E-state index is -2.40. The monoisotopic (exact) mass is 354 g/mol. The first-order chi connectivity index (χ1) is 11.6. The molecule has 4 rings (SSSR count). The van der Waals surface area contributed by atoms with Gasteiger partial charge in [0.15, 0.2) is 0 Å². The Morgan fingerprint density at radius 3 is 2.08 bits per heavy atom. The third-order valence-corrected chi connectivity index (χ3v) is 11.1. The van der Waals surface area contributed by atoms with Crippen LogP contribution < -0.4 is 0 Å². The zero-order valence-corrected chi connectivity index (χ0v) is 17.3. The van der Waals surface area contributed by atoms with Gasteiger partial charge in [-0.25, -0.2) is 0 Å². The van der Waals surface area contributed by atoms with Gasteiger partial charge in [0.1, 0.15) is 0 Å². The molecule has 0 unspecified atom stereocenters. The van der Waals surface area contributed by atoms with Gasteiger partial charge >= 0.3 is 8.56 Å². The summed E-state index contributed by atoms with van der Waals surface area (Å²) in [5.41, 5.74) is 2.80. The fourth-order valence-electron chi connectivity index (χ4n) is 4.95. The van der Waals surface area contributed by atoms with Crippen molar-refractivity contribution in [2.45, 2.75) is 76.7 Å². The fourth-order valence-corrected chi connectivity index (χ4v) is 9.97. The lowest BCUT2D eigenvalue weighted by Gasteiger charge is -2.45. The first-order valence-electron chi connectivity index (χ1n) is 9.50. The van der Waals surface area contributed by atoms with E-state index in [1.807, 2.05) is 0 Å². The first-order valence-corrected chi connectivity index (χ1v) is 11.3. The molecular formula is C22H30O2Si. The highest BCUT2D eigenvalue weighted by atomic mass is 28.4. The van der Waals surface area contributed by atoms with Crippen LogP contribution in [-0.4, -0.2) is 14.7 Å². The molecular weight excluding hydrogens is 324 g/mol. The number of benzene rings is 2. The number of rotatable bonds is 0. The zero-order chi connectivity index (χ0) is 18.0. The summed E-state index contributed by atoms with van der Waals surface area (Å²) in [7, 11) is -2.40. The van der Waals surface area contributed by atoms with Crippen molar-refractivity contribution in [3.05, 3.63) is 47.5 Å². The van der Waals surface area contributed by atoms with Gasteiger partial charge in [-0.2, -0.15) is 0 Å². The predicted octanol–water partition coefficient (Wildman–Crippen LogP) is 6.28. The molecule has 1 aliphatic heterocycles. The van der Waals surface area contributed by atoms with Crippen molar-refractivity contribution in [3.8, 4) is 0 Å². The smallest absolute Gasteiger partial charge is 0.350 e. The fraction of sp³-hybridized carbons (Fsp3) is 0.545. The highest BCUT2D eigenvalue weighted by Gasteiger charge is 2.65. The summed E-state index contributed by atoms with van der Waals surface area (Å²) < 4.78 is 13.8. The van der Waals surface area contributed by atoms with Crippen LogP contribution in [0.3, 0.4) is 0 Å². The van der Waals surface area contributed by atoms with Gasteiger partial charge in [-0.3, -0.25) is 0 Å². The Hall–Kier alpha value is -1.16. The van der Waals surface area contributed by atoms with Gasteiger partial charge in [0.05, 0.1) is 12.2 Å². The molecule has 1 aliphatic carbocycles. The van der Waals surface area contributed by atoms with Gasteiger partial charge < -0.3 is 8.85 Å². The summed E-state index contributed by atoms with van der Waals surface area (Å²) >= 11 is 0. The molecule has 0 spiro atoms. The van der Waals surface area contributed by atoms with E-state index in [2.05, 4.69) is 77.9 Å². The summed E-state index contributed by atoms with van der Waals surface area (Å²) in [5.74, 6) is 0. The normalized spacial score (nSPS) is 25.7. The quantitative estimate of drug-likeness (QED) is 0.518. The number of hydrogen-bond donors (Lipinski definition) is 0. The standard InChI is InChI=1S/C22H30O2Si/c1-21(2,3)25(22(4,5)6)23-19-12-11-17-13-15-9-7-8-10-16(15)14-18(17)20(19)24-25/h7-10,13-14,19-20H,11-12H2,1-6H3/t19-,20-/m0/s1. The summed E-state index contributed by atoms with van der Waals surface area (Å²) in [6.07, 6.45) is 2.46. The Morgan fingerprint density at radius 2 is 1.48 bits per heavy atom. The van der Waals surface area contributed by atoms with Crippen LogP contribution in [0.15, 0.2) is 36.4 Å². The Labute approximate surface area is 152 Å². The van der Waals surface area contributed by atoms with Crippen LogP contribution in [0, 0.1) is 0 Å². The van der Waals surface area contributed by atoms with Crippen LogP contribution in [-0.2, 0) is 15.3 Å². The minimum absolute atomic E-state index is 0.0413. The van der Waals surface area contributed by atoms with Gasteiger partial charge in [0.2, 0.25) is 0 Å². The van der Waals surface area contributed by atoms with E-state index in [0.29, 0.717) is 0 Å². The molecule has 2 aromatic carbocycles. The summed E-state index contributed by atoms with van der Waals surface area (Å²) in [6, 6.07) is 13.3. The summed E-state index contributed by atoms with van der Waals surface area (Å²) in [5, 5.41) is 2.71. The van der Waals surface area contributed by atoms with Crippen molar-refractivity contribution in [1.82, 2.24) is 0 Å². The van der Waals surface area contributed by atoms with Crippen molar-refractivity contribution >= 4 is 19.3 Å². The molecule has 0 bridgehead atoms. The largest absolute Gasteiger partial charge is 0.387 e. The Kier molecular flexibility index (Phi) is 3.74. The van der Waals surface area contributed by atoms with Gasteiger partial charge in [-0.1, -0.05) is 71.9 Å². The summed E-state index contributed by atoms with van der Waals surface area (Å²) in [6.45, 7) is 13.8. The van der Waals surface area contributed by atoms with E-state index < -0.39 is 8.56 Å². The SMILES string of the molecule is CC(C)(C)[Si]1(C(C)(C)C)O[C@H]2CCc3cc4ccccc4cc3[C@@H]2O1. The molecule has 1 saturated heterocycles. The maximum Gasteiger partial charge on any atom is 0.350 e. The second kappa shape index (κ2) is 5.42. The highest BCUT2D eigenvalue weighted by Crippen LogP contribution is 2.60. The molecule has 2 nitrogen and oxygen atoms in total. The Bertz CT molecular complexity index is 799. The molecule has 0 aromatic heterocycles. The van der Waals surface area contributed by atoms with Crippen molar-refractivity contribution in [1.29, 1.82) is 0 Å². The van der Waals surface area contributed by atoms with Crippen LogP contribution in [0.1, 0.15) is 65.2 Å². The molecule has 3 heteroatoms. The Balaban J connectivity index is 1.82. The molecule has 1 fully saturated rings. The first kappa shape index (κ1) is 17.3. The van der Waals surface area contributed by atoms with Crippen LogP contribution in [0.2, 0.25) is 10.1 Å². The van der Waals surface area contributed by atoms with Crippen molar-refractivity contribution in [2.75, 3.05) is 0 Å². The highest BCUT2D eigenvalue weighted by molar-refractivity contribution is 6.74. The molecule has 134 valence electrons. The molecule has 2 atom stereocenters. The van der Waals surface area contributed by atoms with Gasteiger partial charge in [0.25, 0.3) is 0 Å². The molecule has 25 heavy (non-hydrogen) atoms. The van der Waals surface area contributed by atoms with E-state index in [0.717, 1.165) is 12.8 Å². The number of aryl methyl sites for hydroxylation is 1. The molecule has 2 aliphatic rings. The van der Waals surface area contributed by atoms with E-state index in [9.17, 15) is 0 Å². The van der Waals surface area contributed by atoms with E-state index in [1.54, 1.807) is 0 Å². The molecule has 1 heterocycles. The molecule has 0 saturated carbocycles. The average Bonchev–Trinajstić information content (AvgIpc) is 2.94. The summed E-state index contributed by atoms with van der Waals surface area (Å²) in [4.78, 5) is 0. The predicted molar refractivity (Wildman–Crippen MR) is 106 cm³/mol. The number of fused-ring (bicyclic) bond motifs is 4. The average molecular weight is 355 g/mol. The van der Waals surface area contributed by atoms with E-state index >= 15 is 0 Å². The van der Waals surface area contributed by atoms with Crippen molar-refractivity contribution in [2.24, 2.45) is 0 Å². The van der Waals surface area contributed by atoms with Gasteiger partial charge in [0, 0.05) is 10.1 Å². The second-order valence-corrected chi connectivity index (χ2v) is 14.5. The van der Waals surface area contributed by atoms with Gasteiger partial charge in [-0.05, 0) is 40.8 Å². The van der Waals surface area contributed by atoms with Gasteiger partial charge in [-0.15, -0.1) is 0 Å². The van der Waals surface area contributed by atoms with Crippen LogP contribution >= 0.6 is 0 Å². The maximum absolute atomic E-state index is 6.97. The van der Waals surface area contributed by atoms with Crippen molar-refractivity contribution in [3.63, 3.8) is 0 Å². The van der Waals surface area contributed by atoms with Crippen LogP contribution in [0.4, 0.5) is 0 Å². The van der Waals surface area contributed by atoms with Crippen molar-refractivity contribution < 1.29 is 8.85 Å². The lowest BCUT2D eigenvalue weighted by atomic mass is 9.86. The third-order valence-electron chi connectivity index (χ3n) is 5.93. The molecule has 0 radical (unpaired) electrons. The minimum Gasteiger partial charge on any atom is -0.387 e. The topological polar surface area (TPSA) is 18.5 Å². The third kappa shape index (κ3) is 2.51. The maximum atomic E-state index is 6.97. The van der Waals surface area contributed by atoms with E-state index in [4.69, 9.17) is 8.85 Å². The molecule has 0 amide bonds.